The summed E-state index contributed by atoms with van der Waals surface area (Å²) in [5, 5.41) is 16.0. The van der Waals surface area contributed by atoms with Gasteiger partial charge < -0.3 is 19.3 Å². The Bertz CT molecular complexity index is 1550. The van der Waals surface area contributed by atoms with E-state index >= 15 is 0 Å². The average molecular weight is 527 g/mol. The smallest absolute Gasteiger partial charge is 0.248 e. The maximum atomic E-state index is 13.0. The molecule has 1 atom stereocenters. The number of methoxy groups -OCH3 is 1. The van der Waals surface area contributed by atoms with Crippen molar-refractivity contribution >= 4 is 38.6 Å². The fraction of sp³-hybridized carbons (Fsp3) is 0.130. The van der Waals surface area contributed by atoms with E-state index in [4.69, 9.17) is 14.6 Å². The third kappa shape index (κ3) is 5.58. The first-order valence-electron chi connectivity index (χ1n) is 10.4. The van der Waals surface area contributed by atoms with Gasteiger partial charge in [-0.3, -0.25) is 4.72 Å². The van der Waals surface area contributed by atoms with Crippen LogP contribution < -0.4 is 14.2 Å². The third-order valence-corrected chi connectivity index (χ3v) is 6.61. The van der Waals surface area contributed by atoms with Crippen molar-refractivity contribution < 1.29 is 21.8 Å². The van der Waals surface area contributed by atoms with Crippen LogP contribution in [0.5, 0.6) is 5.88 Å². The molecule has 0 fully saturated rings. The Hall–Kier alpha value is -4.10. The van der Waals surface area contributed by atoms with Crippen LogP contribution in [0, 0.1) is 12.3 Å². The summed E-state index contributed by atoms with van der Waals surface area (Å²) in [5.74, 6) is 0.591. The molecule has 3 N–H and O–H groups in total. The monoisotopic (exact) mass is 526 g/mol. The molecule has 0 spiro atoms. The van der Waals surface area contributed by atoms with Crippen LogP contribution in [0.25, 0.3) is 22.6 Å². The summed E-state index contributed by atoms with van der Waals surface area (Å²) >= 11 is 0. The van der Waals surface area contributed by atoms with Gasteiger partial charge in [0.15, 0.2) is 0 Å². The SMILES string of the molecule is COc1ncc(-c2cc(NS(=O)c3ccccc3)c(C=N)c(-c3nnc(C)o3)c2)cc1NS(C)(=O)=O. The molecule has 2 aromatic heterocycles. The van der Waals surface area contributed by atoms with Crippen LogP contribution >= 0.6 is 0 Å². The van der Waals surface area contributed by atoms with Gasteiger partial charge >= 0.3 is 0 Å². The number of aryl methyl sites for hydroxylation is 1. The number of hydrogen-bond acceptors (Lipinski definition) is 9. The zero-order valence-electron chi connectivity index (χ0n) is 19.5. The molecule has 0 aliphatic heterocycles. The first kappa shape index (κ1) is 25.0. The lowest BCUT2D eigenvalue weighted by molar-refractivity contribution is 0.400. The molecule has 4 rings (SSSR count). The van der Waals surface area contributed by atoms with E-state index in [-0.39, 0.29) is 17.5 Å². The van der Waals surface area contributed by atoms with Gasteiger partial charge in [-0.15, -0.1) is 10.2 Å². The van der Waals surface area contributed by atoms with Gasteiger partial charge in [0, 0.05) is 30.5 Å². The fourth-order valence-corrected chi connectivity index (χ4v) is 4.83. The van der Waals surface area contributed by atoms with E-state index in [1.807, 2.05) is 6.07 Å². The van der Waals surface area contributed by atoms with Gasteiger partial charge in [-0.25, -0.2) is 17.6 Å². The van der Waals surface area contributed by atoms with E-state index in [1.54, 1.807) is 49.4 Å². The van der Waals surface area contributed by atoms with Crippen LogP contribution in [0.1, 0.15) is 11.5 Å². The number of hydrogen-bond donors (Lipinski definition) is 3. The summed E-state index contributed by atoms with van der Waals surface area (Å²) in [7, 11) is -3.87. The predicted octanol–water partition coefficient (Wildman–Crippen LogP) is 3.62. The minimum absolute atomic E-state index is 0.0940. The molecule has 0 aliphatic rings. The van der Waals surface area contributed by atoms with Crippen molar-refractivity contribution in [2.75, 3.05) is 22.8 Å². The predicted molar refractivity (Wildman–Crippen MR) is 137 cm³/mol. The zero-order chi connectivity index (χ0) is 25.9. The van der Waals surface area contributed by atoms with Crippen molar-refractivity contribution in [3.63, 3.8) is 0 Å². The van der Waals surface area contributed by atoms with Gasteiger partial charge in [-0.2, -0.15) is 0 Å². The number of nitrogens with one attached hydrogen (secondary N) is 3. The second-order valence-electron chi connectivity index (χ2n) is 7.59. The molecular formula is C23H22N6O5S2. The van der Waals surface area contributed by atoms with Gasteiger partial charge in [-0.1, -0.05) is 18.2 Å². The van der Waals surface area contributed by atoms with Gasteiger partial charge in [0.25, 0.3) is 0 Å². The number of ether oxygens (including phenoxy) is 1. The highest BCUT2D eigenvalue weighted by molar-refractivity contribution is 7.92. The Morgan fingerprint density at radius 2 is 1.81 bits per heavy atom. The highest BCUT2D eigenvalue weighted by Crippen LogP contribution is 2.36. The van der Waals surface area contributed by atoms with Crippen LogP contribution in [0.3, 0.4) is 0 Å². The van der Waals surface area contributed by atoms with Crippen molar-refractivity contribution in [1.82, 2.24) is 15.2 Å². The minimum atomic E-state index is -3.61. The van der Waals surface area contributed by atoms with Crippen molar-refractivity contribution in [2.45, 2.75) is 11.8 Å². The number of rotatable bonds is 9. The standard InChI is InChI=1S/C23H22N6O5S2/c1-14-26-27-22(34-14)18-9-15(16-11-21(29-36(3,31)32)23(33-2)25-13-16)10-20(19(18)12-24)28-35(30)17-7-5-4-6-8-17/h4-13,24,28-29H,1-3H3. The summed E-state index contributed by atoms with van der Waals surface area (Å²) in [5.41, 5.74) is 2.39. The summed E-state index contributed by atoms with van der Waals surface area (Å²) in [6, 6.07) is 13.8. The van der Waals surface area contributed by atoms with E-state index in [0.717, 1.165) is 12.5 Å². The average Bonchev–Trinajstić information content (AvgIpc) is 3.29. The second kappa shape index (κ2) is 10.3. The van der Waals surface area contributed by atoms with Gasteiger partial charge in [0.1, 0.15) is 16.7 Å². The van der Waals surface area contributed by atoms with E-state index < -0.39 is 21.0 Å². The maximum absolute atomic E-state index is 13.0. The minimum Gasteiger partial charge on any atom is -0.480 e. The van der Waals surface area contributed by atoms with Crippen LogP contribution in [0.15, 0.2) is 64.0 Å². The van der Waals surface area contributed by atoms with Crippen molar-refractivity contribution in [3.8, 4) is 28.5 Å². The number of aromatic nitrogens is 3. The molecule has 36 heavy (non-hydrogen) atoms. The molecule has 0 saturated carbocycles. The molecule has 4 aromatic rings. The molecule has 186 valence electrons. The Morgan fingerprint density at radius 1 is 1.08 bits per heavy atom. The Balaban J connectivity index is 1.89. The van der Waals surface area contributed by atoms with Crippen molar-refractivity contribution in [1.29, 1.82) is 5.41 Å². The molecule has 0 saturated heterocycles. The summed E-state index contributed by atoms with van der Waals surface area (Å²) in [4.78, 5) is 4.76. The Kier molecular flexibility index (Phi) is 7.12. The summed E-state index contributed by atoms with van der Waals surface area (Å²) < 4.78 is 52.9. The molecule has 1 unspecified atom stereocenters. The number of sulfonamides is 1. The highest BCUT2D eigenvalue weighted by Gasteiger charge is 2.19. The van der Waals surface area contributed by atoms with Gasteiger partial charge in [-0.05, 0) is 35.9 Å². The molecular weight excluding hydrogens is 504 g/mol. The zero-order valence-corrected chi connectivity index (χ0v) is 21.1. The normalized spacial score (nSPS) is 12.1. The third-order valence-electron chi connectivity index (χ3n) is 4.91. The quantitative estimate of drug-likeness (QED) is 0.279. The summed E-state index contributed by atoms with van der Waals surface area (Å²) in [6.45, 7) is 1.64. The molecule has 2 heterocycles. The molecule has 0 bridgehead atoms. The Morgan fingerprint density at radius 3 is 2.42 bits per heavy atom. The summed E-state index contributed by atoms with van der Waals surface area (Å²) in [6.07, 6.45) is 3.63. The Labute approximate surface area is 210 Å². The topological polar surface area (TPSA) is 160 Å². The maximum Gasteiger partial charge on any atom is 0.248 e. The lowest BCUT2D eigenvalue weighted by Crippen LogP contribution is -2.11. The first-order valence-corrected chi connectivity index (χ1v) is 13.5. The molecule has 0 aliphatic carbocycles. The molecule has 11 nitrogen and oxygen atoms in total. The van der Waals surface area contributed by atoms with Crippen molar-refractivity contribution in [3.05, 3.63) is 66.2 Å². The number of nitrogens with zero attached hydrogens (tertiary/aromatic N) is 3. The molecule has 13 heteroatoms. The molecule has 0 amide bonds. The second-order valence-corrected chi connectivity index (χ2v) is 10.6. The fourth-order valence-electron chi connectivity index (χ4n) is 3.39. The number of benzene rings is 2. The van der Waals surface area contributed by atoms with Crippen LogP contribution in [-0.4, -0.2) is 47.4 Å². The van der Waals surface area contributed by atoms with E-state index in [9.17, 15) is 12.6 Å². The number of pyridine rings is 1. The first-order chi connectivity index (χ1) is 17.2. The van der Waals surface area contributed by atoms with E-state index in [1.165, 1.54) is 13.3 Å². The lowest BCUT2D eigenvalue weighted by atomic mass is 9.98. The van der Waals surface area contributed by atoms with Crippen LogP contribution in [-0.2, 0) is 21.0 Å². The highest BCUT2D eigenvalue weighted by atomic mass is 32.2. The number of anilines is 2. The van der Waals surface area contributed by atoms with Crippen LogP contribution in [0.2, 0.25) is 0 Å². The molecule has 0 radical (unpaired) electrons. The lowest BCUT2D eigenvalue weighted by Gasteiger charge is -2.15. The van der Waals surface area contributed by atoms with E-state index in [0.29, 0.717) is 38.7 Å². The molecule has 2 aromatic carbocycles. The van der Waals surface area contributed by atoms with Gasteiger partial charge in [0.2, 0.25) is 27.7 Å². The van der Waals surface area contributed by atoms with Crippen LogP contribution in [0.4, 0.5) is 11.4 Å². The van der Waals surface area contributed by atoms with Gasteiger partial charge in [0.05, 0.1) is 29.5 Å². The van der Waals surface area contributed by atoms with E-state index in [2.05, 4.69) is 24.6 Å². The van der Waals surface area contributed by atoms with Crippen molar-refractivity contribution in [2.24, 2.45) is 0 Å². The largest absolute Gasteiger partial charge is 0.480 e.